The van der Waals surface area contributed by atoms with Crippen molar-refractivity contribution in [3.8, 4) is 0 Å². The average Bonchev–Trinajstić information content (AvgIpc) is 3.14. The van der Waals surface area contributed by atoms with Crippen molar-refractivity contribution < 1.29 is 8.42 Å². The van der Waals surface area contributed by atoms with Crippen LogP contribution in [0.25, 0.3) is 0 Å². The Bertz CT molecular complexity index is 365. The van der Waals surface area contributed by atoms with Crippen molar-refractivity contribution in [3.63, 3.8) is 0 Å². The first-order valence-electron chi connectivity index (χ1n) is 7.19. The van der Waals surface area contributed by atoms with Crippen molar-refractivity contribution in [3.05, 3.63) is 0 Å². The first-order valence-corrected chi connectivity index (χ1v) is 9.02. The van der Waals surface area contributed by atoms with E-state index in [1.54, 1.807) is 6.92 Å². The van der Waals surface area contributed by atoms with Gasteiger partial charge in [-0.1, -0.05) is 6.92 Å². The van der Waals surface area contributed by atoms with E-state index in [1.165, 1.54) is 12.8 Å². The van der Waals surface area contributed by atoms with E-state index in [1.807, 2.05) is 0 Å². The lowest BCUT2D eigenvalue weighted by molar-refractivity contribution is 0.210. The number of rotatable bonds is 5. The van der Waals surface area contributed by atoms with Crippen LogP contribution in [0.15, 0.2) is 0 Å². The molecule has 18 heavy (non-hydrogen) atoms. The molecule has 1 aliphatic carbocycles. The highest BCUT2D eigenvalue weighted by Gasteiger charge is 2.34. The molecule has 106 valence electrons. The number of nitrogens with one attached hydrogen (secondary N) is 1. The van der Waals surface area contributed by atoms with Crippen molar-refractivity contribution >= 4 is 9.84 Å². The fourth-order valence-corrected chi connectivity index (χ4v) is 3.49. The van der Waals surface area contributed by atoms with E-state index in [0.717, 1.165) is 25.4 Å². The minimum atomic E-state index is -2.84. The number of nitrogens with zero attached hydrogens (tertiary/aromatic N) is 1. The highest BCUT2D eigenvalue weighted by atomic mass is 32.2. The lowest BCUT2D eigenvalue weighted by atomic mass is 10.1. The van der Waals surface area contributed by atoms with Crippen LogP contribution in [0.4, 0.5) is 0 Å². The van der Waals surface area contributed by atoms with Gasteiger partial charge >= 0.3 is 0 Å². The van der Waals surface area contributed by atoms with E-state index >= 15 is 0 Å². The van der Waals surface area contributed by atoms with Gasteiger partial charge in [-0.05, 0) is 38.6 Å². The molecular formula is C13H26N2O2S. The van der Waals surface area contributed by atoms with Gasteiger partial charge in [0, 0.05) is 30.9 Å². The molecule has 0 aromatic rings. The summed E-state index contributed by atoms with van der Waals surface area (Å²) in [5.41, 5.74) is 0. The summed E-state index contributed by atoms with van der Waals surface area (Å²) in [6, 6.07) is 1.08. The van der Waals surface area contributed by atoms with E-state index in [4.69, 9.17) is 0 Å². The van der Waals surface area contributed by atoms with E-state index < -0.39 is 9.84 Å². The van der Waals surface area contributed by atoms with Gasteiger partial charge in [0.05, 0.1) is 5.75 Å². The summed E-state index contributed by atoms with van der Waals surface area (Å²) in [7, 11) is -2.84. The summed E-state index contributed by atoms with van der Waals surface area (Å²) in [5, 5.41) is 3.62. The Morgan fingerprint density at radius 1 is 1.28 bits per heavy atom. The Morgan fingerprint density at radius 2 is 2.00 bits per heavy atom. The van der Waals surface area contributed by atoms with Gasteiger partial charge in [-0.15, -0.1) is 0 Å². The first-order chi connectivity index (χ1) is 8.52. The van der Waals surface area contributed by atoms with Gasteiger partial charge in [0.1, 0.15) is 0 Å². The van der Waals surface area contributed by atoms with Gasteiger partial charge in [-0.25, -0.2) is 8.42 Å². The lowest BCUT2D eigenvalue weighted by Crippen LogP contribution is -2.43. The molecule has 1 aliphatic heterocycles. The van der Waals surface area contributed by atoms with Crippen LogP contribution in [0.2, 0.25) is 0 Å². The molecule has 2 atom stereocenters. The molecule has 0 spiro atoms. The van der Waals surface area contributed by atoms with Crippen LogP contribution in [-0.2, 0) is 9.84 Å². The van der Waals surface area contributed by atoms with E-state index in [9.17, 15) is 8.42 Å². The maximum atomic E-state index is 11.6. The van der Waals surface area contributed by atoms with E-state index in [0.29, 0.717) is 24.4 Å². The molecule has 2 rings (SSSR count). The van der Waals surface area contributed by atoms with Gasteiger partial charge in [0.25, 0.3) is 0 Å². The van der Waals surface area contributed by atoms with Crippen LogP contribution in [-0.4, -0.2) is 56.5 Å². The number of sulfone groups is 1. The van der Waals surface area contributed by atoms with E-state index in [-0.39, 0.29) is 5.75 Å². The van der Waals surface area contributed by atoms with Crippen LogP contribution < -0.4 is 5.32 Å². The first kappa shape index (κ1) is 14.3. The molecule has 2 aliphatic rings. The normalized spacial score (nSPS) is 31.2. The van der Waals surface area contributed by atoms with Crippen molar-refractivity contribution in [2.75, 3.05) is 31.1 Å². The van der Waals surface area contributed by atoms with Crippen molar-refractivity contribution in [2.24, 2.45) is 5.92 Å². The molecule has 0 bridgehead atoms. The molecule has 0 aromatic heterocycles. The Morgan fingerprint density at radius 3 is 2.61 bits per heavy atom. The van der Waals surface area contributed by atoms with Gasteiger partial charge < -0.3 is 5.32 Å². The lowest BCUT2D eigenvalue weighted by Gasteiger charge is -2.28. The molecule has 1 saturated heterocycles. The van der Waals surface area contributed by atoms with E-state index in [2.05, 4.69) is 17.1 Å². The smallest absolute Gasteiger partial charge is 0.151 e. The third-order valence-electron chi connectivity index (χ3n) is 4.34. The second kappa shape index (κ2) is 5.88. The molecule has 0 aromatic carbocycles. The maximum Gasteiger partial charge on any atom is 0.151 e. The highest BCUT2D eigenvalue weighted by Crippen LogP contribution is 2.33. The number of hydrogen-bond acceptors (Lipinski definition) is 4. The molecule has 2 unspecified atom stereocenters. The fraction of sp³-hybridized carbons (Fsp3) is 1.00. The molecule has 5 heteroatoms. The zero-order valence-electron chi connectivity index (χ0n) is 11.6. The Labute approximate surface area is 111 Å². The van der Waals surface area contributed by atoms with Crippen molar-refractivity contribution in [1.82, 2.24) is 10.2 Å². The summed E-state index contributed by atoms with van der Waals surface area (Å²) in [6.07, 6.45) is 3.80. The monoisotopic (exact) mass is 274 g/mol. The van der Waals surface area contributed by atoms with Crippen LogP contribution in [0.1, 0.15) is 33.1 Å². The molecule has 0 radical (unpaired) electrons. The zero-order chi connectivity index (χ0) is 13.2. The third-order valence-corrected chi connectivity index (χ3v) is 6.03. The molecule has 0 amide bonds. The number of hydrogen-bond donors (Lipinski definition) is 1. The summed E-state index contributed by atoms with van der Waals surface area (Å²) in [6.45, 7) is 6.73. The van der Waals surface area contributed by atoms with Crippen molar-refractivity contribution in [2.45, 2.75) is 45.2 Å². The van der Waals surface area contributed by atoms with Gasteiger partial charge in [-0.2, -0.15) is 0 Å². The summed E-state index contributed by atoms with van der Waals surface area (Å²) < 4.78 is 23.2. The maximum absolute atomic E-state index is 11.6. The summed E-state index contributed by atoms with van der Waals surface area (Å²) >= 11 is 0. The second-order valence-corrected chi connectivity index (χ2v) is 8.24. The highest BCUT2D eigenvalue weighted by molar-refractivity contribution is 7.91. The molecule has 2 fully saturated rings. The Hall–Kier alpha value is -0.130. The standard InChI is InChI=1S/C13H26N2O2S/c1-3-18(16,17)9-8-15-10-13(12-4-5-12)14-7-6-11(15)2/h11-14H,3-10H2,1-2H3. The quantitative estimate of drug-likeness (QED) is 0.809. The average molecular weight is 274 g/mol. The third kappa shape index (κ3) is 3.93. The molecular weight excluding hydrogens is 248 g/mol. The molecule has 1 N–H and O–H groups in total. The molecule has 1 heterocycles. The predicted molar refractivity (Wildman–Crippen MR) is 74.5 cm³/mol. The van der Waals surface area contributed by atoms with Crippen molar-refractivity contribution in [1.29, 1.82) is 0 Å². The molecule has 1 saturated carbocycles. The van der Waals surface area contributed by atoms with Crippen LogP contribution in [0.5, 0.6) is 0 Å². The molecule has 4 nitrogen and oxygen atoms in total. The zero-order valence-corrected chi connectivity index (χ0v) is 12.4. The van der Waals surface area contributed by atoms with Crippen LogP contribution in [0, 0.1) is 5.92 Å². The minimum Gasteiger partial charge on any atom is -0.312 e. The second-order valence-electron chi connectivity index (χ2n) is 5.77. The van der Waals surface area contributed by atoms with Gasteiger partial charge in [0.2, 0.25) is 0 Å². The topological polar surface area (TPSA) is 49.4 Å². The summed E-state index contributed by atoms with van der Waals surface area (Å²) in [4.78, 5) is 2.37. The Kier molecular flexibility index (Phi) is 4.67. The van der Waals surface area contributed by atoms with Crippen LogP contribution >= 0.6 is 0 Å². The van der Waals surface area contributed by atoms with Crippen LogP contribution in [0.3, 0.4) is 0 Å². The Balaban J connectivity index is 1.90. The van der Waals surface area contributed by atoms with Gasteiger partial charge in [0.15, 0.2) is 9.84 Å². The predicted octanol–water partition coefficient (Wildman–Crippen LogP) is 0.884. The van der Waals surface area contributed by atoms with Gasteiger partial charge in [-0.3, -0.25) is 4.90 Å². The summed E-state index contributed by atoms with van der Waals surface area (Å²) in [5.74, 6) is 1.41. The minimum absolute atomic E-state index is 0.263. The SMILES string of the molecule is CCS(=O)(=O)CCN1CC(C2CC2)NCCC1C. The largest absolute Gasteiger partial charge is 0.312 e. The fourth-order valence-electron chi connectivity index (χ4n) is 2.68.